The second kappa shape index (κ2) is 11.8. The summed E-state index contributed by atoms with van der Waals surface area (Å²) >= 11 is -3.44. The smallest absolute Gasteiger partial charge is 0.0623 e. The maximum atomic E-state index is 8.78. The first-order chi connectivity index (χ1) is 7.73. The molecule has 0 aliphatic rings. The topological polar surface area (TPSA) is 57.5 Å². The average molecular weight is 281 g/mol. The van der Waals surface area contributed by atoms with Gasteiger partial charge in [-0.3, -0.25) is 0 Å². The summed E-state index contributed by atoms with van der Waals surface area (Å²) in [7, 11) is 0. The Morgan fingerprint density at radius 1 is 0.500 bits per heavy atom. The van der Waals surface area contributed by atoms with E-state index < -0.39 is 15.3 Å². The molecular weight excluding hydrogens is 267 g/mol. The summed E-state index contributed by atoms with van der Waals surface area (Å²) in [6, 6.07) is 24.0. The van der Waals surface area contributed by atoms with Crippen LogP contribution in [0.25, 0.3) is 0 Å². The van der Waals surface area contributed by atoms with E-state index >= 15 is 0 Å². The Morgan fingerprint density at radius 2 is 0.562 bits per heavy atom. The molecule has 2 rings (SSSR count). The minimum Gasteiger partial charge on any atom is -0.0623 e. The van der Waals surface area contributed by atoms with Crippen molar-refractivity contribution in [2.45, 2.75) is 0 Å². The van der Waals surface area contributed by atoms with Crippen molar-refractivity contribution in [2.24, 2.45) is 0 Å². The first kappa shape index (κ1) is 14.7. The Kier molecular flexibility index (Phi) is 10.8. The molecule has 85 valence electrons. The van der Waals surface area contributed by atoms with Crippen LogP contribution < -0.4 is 0 Å². The summed E-state index contributed by atoms with van der Waals surface area (Å²) in [6.45, 7) is 0. The van der Waals surface area contributed by atoms with Gasteiger partial charge in [0.25, 0.3) is 0 Å². The molecule has 2 N–H and O–H groups in total. The molecule has 0 heterocycles. The van der Waals surface area contributed by atoms with Crippen molar-refractivity contribution in [3.8, 4) is 0 Å². The molecule has 2 aromatic carbocycles. The Labute approximate surface area is 100 Å². The molecule has 0 aliphatic heterocycles. The Morgan fingerprint density at radius 3 is 0.625 bits per heavy atom. The van der Waals surface area contributed by atoms with Crippen LogP contribution in [0.4, 0.5) is 0 Å². The van der Waals surface area contributed by atoms with Crippen molar-refractivity contribution in [2.75, 3.05) is 0 Å². The van der Waals surface area contributed by atoms with E-state index in [0.717, 1.165) is 0 Å². The SMILES string of the molecule is O=[As](O)O.c1ccccc1.c1ccccc1. The second-order valence-electron chi connectivity index (χ2n) is 2.56. The van der Waals surface area contributed by atoms with Crippen LogP contribution >= 0.6 is 0 Å². The predicted molar refractivity (Wildman–Crippen MR) is 63.8 cm³/mol. The van der Waals surface area contributed by atoms with Crippen molar-refractivity contribution >= 4 is 15.3 Å². The molecule has 4 heteroatoms. The fourth-order valence-electron chi connectivity index (χ4n) is 0.770. The van der Waals surface area contributed by atoms with Gasteiger partial charge in [-0.1, -0.05) is 72.8 Å². The molecular formula is C12H14AsO3. The van der Waals surface area contributed by atoms with E-state index in [-0.39, 0.29) is 0 Å². The Bertz CT molecular complexity index is 262. The van der Waals surface area contributed by atoms with E-state index in [9.17, 15) is 0 Å². The molecule has 0 fully saturated rings. The summed E-state index contributed by atoms with van der Waals surface area (Å²) in [5.41, 5.74) is 0. The van der Waals surface area contributed by atoms with Gasteiger partial charge < -0.3 is 0 Å². The quantitative estimate of drug-likeness (QED) is 0.723. The van der Waals surface area contributed by atoms with E-state index in [4.69, 9.17) is 11.9 Å². The number of hydrogen-bond acceptors (Lipinski definition) is 1. The third-order valence-electron chi connectivity index (χ3n) is 1.33. The van der Waals surface area contributed by atoms with Crippen molar-refractivity contribution in [1.29, 1.82) is 0 Å². The van der Waals surface area contributed by atoms with Gasteiger partial charge in [0.2, 0.25) is 0 Å². The fourth-order valence-corrected chi connectivity index (χ4v) is 0.770. The largest absolute Gasteiger partial charge is 0.0623 e. The van der Waals surface area contributed by atoms with Gasteiger partial charge in [-0.05, 0) is 0 Å². The van der Waals surface area contributed by atoms with Gasteiger partial charge in [0.05, 0.1) is 0 Å². The molecule has 0 saturated heterocycles. The summed E-state index contributed by atoms with van der Waals surface area (Å²) < 4.78 is 23.2. The van der Waals surface area contributed by atoms with Crippen LogP contribution in [0.1, 0.15) is 0 Å². The van der Waals surface area contributed by atoms with Crippen molar-refractivity contribution in [3.05, 3.63) is 72.8 Å². The molecule has 0 unspecified atom stereocenters. The van der Waals surface area contributed by atoms with Gasteiger partial charge in [-0.2, -0.15) is 0 Å². The van der Waals surface area contributed by atoms with Crippen LogP contribution in [0.5, 0.6) is 0 Å². The zero-order valence-electron chi connectivity index (χ0n) is 8.68. The van der Waals surface area contributed by atoms with Crippen LogP contribution in [0.3, 0.4) is 0 Å². The average Bonchev–Trinajstić information content (AvgIpc) is 2.34. The first-order valence-electron chi connectivity index (χ1n) is 4.58. The molecule has 0 spiro atoms. The second-order valence-corrected chi connectivity index (χ2v) is 3.62. The Hall–Kier alpha value is -1.28. The summed E-state index contributed by atoms with van der Waals surface area (Å²) in [5.74, 6) is 0. The minimum absolute atomic E-state index is 2.00. The third kappa shape index (κ3) is 15.2. The van der Waals surface area contributed by atoms with Crippen molar-refractivity contribution in [1.82, 2.24) is 0 Å². The fraction of sp³-hybridized carbons (Fsp3) is 0. The molecule has 0 aromatic heterocycles. The Balaban J connectivity index is 0.000000217. The van der Waals surface area contributed by atoms with Gasteiger partial charge in [0.1, 0.15) is 0 Å². The van der Waals surface area contributed by atoms with Crippen LogP contribution in [0.15, 0.2) is 72.8 Å². The van der Waals surface area contributed by atoms with Crippen LogP contribution in [0, 0.1) is 0 Å². The maximum Gasteiger partial charge on any atom is -0.0623 e. The zero-order chi connectivity index (χ0) is 12.1. The molecule has 0 atom stereocenters. The number of benzene rings is 2. The normalized spacial score (nSPS) is 7.62. The third-order valence-corrected chi connectivity index (χ3v) is 1.33. The summed E-state index contributed by atoms with van der Waals surface area (Å²) in [4.78, 5) is 0. The van der Waals surface area contributed by atoms with Crippen LogP contribution in [-0.2, 0) is 3.74 Å². The van der Waals surface area contributed by atoms with Crippen LogP contribution in [0.2, 0.25) is 0 Å². The monoisotopic (exact) mass is 281 g/mol. The molecule has 0 saturated carbocycles. The van der Waals surface area contributed by atoms with Gasteiger partial charge in [0.15, 0.2) is 0 Å². The summed E-state index contributed by atoms with van der Waals surface area (Å²) in [5, 5.41) is 0. The van der Waals surface area contributed by atoms with Gasteiger partial charge in [-0.15, -0.1) is 0 Å². The molecule has 0 aliphatic carbocycles. The summed E-state index contributed by atoms with van der Waals surface area (Å²) in [6.07, 6.45) is 0. The molecule has 0 bridgehead atoms. The molecule has 16 heavy (non-hydrogen) atoms. The van der Waals surface area contributed by atoms with Crippen LogP contribution in [-0.4, -0.2) is 23.5 Å². The molecule has 0 amide bonds. The van der Waals surface area contributed by atoms with E-state index in [1.807, 2.05) is 72.8 Å². The van der Waals surface area contributed by atoms with E-state index in [1.165, 1.54) is 0 Å². The first-order valence-corrected chi connectivity index (χ1v) is 7.03. The van der Waals surface area contributed by atoms with Crippen molar-refractivity contribution in [3.63, 3.8) is 0 Å². The molecule has 2 aromatic rings. The van der Waals surface area contributed by atoms with Gasteiger partial charge >= 0.3 is 27.2 Å². The molecule has 1 radical (unpaired) electrons. The van der Waals surface area contributed by atoms with Gasteiger partial charge in [-0.25, -0.2) is 0 Å². The van der Waals surface area contributed by atoms with E-state index in [1.54, 1.807) is 0 Å². The maximum absolute atomic E-state index is 8.78. The minimum atomic E-state index is -3.44. The predicted octanol–water partition coefficient (Wildman–Crippen LogP) is 1.76. The standard InChI is InChI=1S/2C6H6.AsH2O3/c2*1-2-4-6-5-3-1;2-1(3)4/h2*1-6H;(H2,2,3,4). The zero-order valence-corrected chi connectivity index (χ0v) is 10.6. The number of rotatable bonds is 0. The van der Waals surface area contributed by atoms with Crippen molar-refractivity contribution < 1.29 is 11.9 Å². The van der Waals surface area contributed by atoms with Gasteiger partial charge in [0, 0.05) is 0 Å². The number of hydrogen-bond donors (Lipinski definition) is 2. The van der Waals surface area contributed by atoms with E-state index in [2.05, 4.69) is 0 Å². The molecule has 3 nitrogen and oxygen atoms in total. The van der Waals surface area contributed by atoms with E-state index in [0.29, 0.717) is 0 Å².